The van der Waals surface area contributed by atoms with Crippen LogP contribution in [0, 0.1) is 0 Å². The predicted octanol–water partition coefficient (Wildman–Crippen LogP) is 2.22. The molecular weight excluding hydrogens is 264 g/mol. The van der Waals surface area contributed by atoms with Gasteiger partial charge in [-0.05, 0) is 36.8 Å². The first kappa shape index (κ1) is 13.5. The second-order valence-corrected chi connectivity index (χ2v) is 5.18. The maximum absolute atomic E-state index is 12.0. The second-order valence-electron chi connectivity index (χ2n) is 5.18. The zero-order valence-corrected chi connectivity index (χ0v) is 12.0. The Morgan fingerprint density at radius 1 is 1.38 bits per heavy atom. The summed E-state index contributed by atoms with van der Waals surface area (Å²) in [6, 6.07) is 8.09. The Hall–Kier alpha value is -2.43. The molecule has 0 atom stereocenters. The van der Waals surface area contributed by atoms with Crippen molar-refractivity contribution in [2.24, 2.45) is 5.10 Å². The molecule has 1 amide bonds. The lowest BCUT2D eigenvalue weighted by atomic mass is 10.1. The summed E-state index contributed by atoms with van der Waals surface area (Å²) in [5.41, 5.74) is 7.37. The van der Waals surface area contributed by atoms with Gasteiger partial charge >= 0.3 is 0 Å². The minimum absolute atomic E-state index is 0.254. The van der Waals surface area contributed by atoms with Crippen LogP contribution in [0.25, 0.3) is 0 Å². The number of hydrogen-bond acceptors (Lipinski definition) is 3. The highest BCUT2D eigenvalue weighted by Crippen LogP contribution is 2.22. The molecule has 21 heavy (non-hydrogen) atoms. The number of aromatic amines is 1. The molecule has 1 aliphatic carbocycles. The highest BCUT2D eigenvalue weighted by Gasteiger charge is 2.22. The Morgan fingerprint density at radius 2 is 2.19 bits per heavy atom. The van der Waals surface area contributed by atoms with E-state index >= 15 is 0 Å². The van der Waals surface area contributed by atoms with E-state index in [-0.39, 0.29) is 5.91 Å². The second kappa shape index (κ2) is 5.91. The van der Waals surface area contributed by atoms with Gasteiger partial charge in [0.15, 0.2) is 5.69 Å². The van der Waals surface area contributed by atoms with Gasteiger partial charge in [0.1, 0.15) is 0 Å². The number of hydrazone groups is 1. The monoisotopic (exact) mass is 282 g/mol. The fourth-order valence-corrected chi connectivity index (χ4v) is 2.56. The van der Waals surface area contributed by atoms with Crippen molar-refractivity contribution in [1.82, 2.24) is 15.6 Å². The summed E-state index contributed by atoms with van der Waals surface area (Å²) >= 11 is 0. The van der Waals surface area contributed by atoms with Crippen molar-refractivity contribution < 1.29 is 4.79 Å². The van der Waals surface area contributed by atoms with Crippen molar-refractivity contribution in [2.75, 3.05) is 0 Å². The van der Waals surface area contributed by atoms with E-state index in [0.29, 0.717) is 5.69 Å². The van der Waals surface area contributed by atoms with E-state index in [0.717, 1.165) is 42.5 Å². The number of aryl methyl sites for hydroxylation is 2. The van der Waals surface area contributed by atoms with Crippen molar-refractivity contribution in [2.45, 2.75) is 32.6 Å². The predicted molar refractivity (Wildman–Crippen MR) is 81.5 cm³/mol. The summed E-state index contributed by atoms with van der Waals surface area (Å²) in [4.78, 5) is 12.0. The summed E-state index contributed by atoms with van der Waals surface area (Å²) in [5.74, 6) is -0.254. The third-order valence-electron chi connectivity index (χ3n) is 3.79. The van der Waals surface area contributed by atoms with E-state index in [2.05, 4.69) is 39.8 Å². The highest BCUT2D eigenvalue weighted by molar-refractivity contribution is 5.94. The topological polar surface area (TPSA) is 70.1 Å². The molecule has 1 aliphatic rings. The van der Waals surface area contributed by atoms with Gasteiger partial charge in [-0.2, -0.15) is 10.2 Å². The van der Waals surface area contributed by atoms with E-state index in [1.54, 1.807) is 6.21 Å². The number of hydrogen-bond donors (Lipinski definition) is 2. The molecular formula is C16H18N4O. The van der Waals surface area contributed by atoms with Crippen molar-refractivity contribution >= 4 is 12.1 Å². The van der Waals surface area contributed by atoms with E-state index in [4.69, 9.17) is 0 Å². The summed E-state index contributed by atoms with van der Waals surface area (Å²) in [5, 5.41) is 11.0. The van der Waals surface area contributed by atoms with Crippen LogP contribution in [-0.2, 0) is 19.3 Å². The van der Waals surface area contributed by atoms with Crippen molar-refractivity contribution in [3.63, 3.8) is 0 Å². The van der Waals surface area contributed by atoms with Gasteiger partial charge in [-0.15, -0.1) is 0 Å². The molecule has 0 saturated carbocycles. The fraction of sp³-hybridized carbons (Fsp3) is 0.312. The van der Waals surface area contributed by atoms with E-state index in [9.17, 15) is 4.79 Å². The van der Waals surface area contributed by atoms with Gasteiger partial charge in [-0.3, -0.25) is 9.89 Å². The van der Waals surface area contributed by atoms with Crippen molar-refractivity contribution in [3.05, 3.63) is 52.3 Å². The fourth-order valence-electron chi connectivity index (χ4n) is 2.56. The summed E-state index contributed by atoms with van der Waals surface area (Å²) in [6.07, 6.45) is 5.62. The van der Waals surface area contributed by atoms with Gasteiger partial charge < -0.3 is 0 Å². The molecule has 1 aromatic carbocycles. The number of carbonyl (C=O) groups excluding carboxylic acids is 1. The summed E-state index contributed by atoms with van der Waals surface area (Å²) in [6.45, 7) is 2.12. The number of nitrogens with zero attached hydrogens (tertiary/aromatic N) is 2. The zero-order valence-electron chi connectivity index (χ0n) is 12.0. The van der Waals surface area contributed by atoms with Gasteiger partial charge in [-0.1, -0.05) is 31.2 Å². The van der Waals surface area contributed by atoms with Crippen molar-refractivity contribution in [3.8, 4) is 0 Å². The van der Waals surface area contributed by atoms with Crippen LogP contribution in [0.3, 0.4) is 0 Å². The van der Waals surface area contributed by atoms with Crippen LogP contribution in [0.5, 0.6) is 0 Å². The Balaban J connectivity index is 1.63. The first-order chi connectivity index (χ1) is 10.3. The Labute approximate surface area is 123 Å². The Kier molecular flexibility index (Phi) is 3.81. The lowest BCUT2D eigenvalue weighted by Crippen LogP contribution is -2.19. The molecule has 0 bridgehead atoms. The van der Waals surface area contributed by atoms with Crippen LogP contribution in [0.1, 0.15) is 46.2 Å². The lowest BCUT2D eigenvalue weighted by Gasteiger charge is -1.99. The van der Waals surface area contributed by atoms with Crippen LogP contribution in [0.2, 0.25) is 0 Å². The molecule has 1 heterocycles. The molecule has 2 aromatic rings. The molecule has 0 saturated heterocycles. The molecule has 1 aromatic heterocycles. The van der Waals surface area contributed by atoms with Gasteiger partial charge in [0.2, 0.25) is 0 Å². The van der Waals surface area contributed by atoms with Gasteiger partial charge in [0, 0.05) is 11.3 Å². The Bertz CT molecular complexity index is 670. The van der Waals surface area contributed by atoms with E-state index < -0.39 is 0 Å². The lowest BCUT2D eigenvalue weighted by molar-refractivity contribution is 0.0949. The molecule has 2 N–H and O–H groups in total. The zero-order chi connectivity index (χ0) is 14.7. The minimum Gasteiger partial charge on any atom is -0.281 e. The number of amides is 1. The molecule has 5 heteroatoms. The quantitative estimate of drug-likeness (QED) is 0.667. The largest absolute Gasteiger partial charge is 0.292 e. The van der Waals surface area contributed by atoms with Crippen LogP contribution >= 0.6 is 0 Å². The Morgan fingerprint density at radius 3 is 2.95 bits per heavy atom. The van der Waals surface area contributed by atoms with E-state index in [1.165, 1.54) is 5.56 Å². The third-order valence-corrected chi connectivity index (χ3v) is 3.79. The minimum atomic E-state index is -0.254. The normalized spacial score (nSPS) is 13.6. The average Bonchev–Trinajstić information content (AvgIpc) is 3.10. The maximum atomic E-state index is 12.0. The van der Waals surface area contributed by atoms with Gasteiger partial charge in [0.05, 0.1) is 6.21 Å². The molecule has 108 valence electrons. The van der Waals surface area contributed by atoms with Crippen LogP contribution < -0.4 is 5.43 Å². The first-order valence-electron chi connectivity index (χ1n) is 7.26. The van der Waals surface area contributed by atoms with E-state index in [1.807, 2.05) is 12.1 Å². The van der Waals surface area contributed by atoms with Crippen molar-refractivity contribution in [1.29, 1.82) is 0 Å². The number of carbonyl (C=O) groups is 1. The molecule has 0 fully saturated rings. The number of fused-ring (bicyclic) bond motifs is 1. The SMILES string of the molecule is CCc1ccc(/C=N\NC(=O)c2n[nH]c3c2CCC3)cc1. The number of nitrogens with one attached hydrogen (secondary N) is 2. The standard InChI is InChI=1S/C16H18N4O/c1-2-11-6-8-12(9-7-11)10-17-20-16(21)15-13-4-3-5-14(13)18-19-15/h6-10H,2-5H2,1H3,(H,18,19)(H,20,21)/b17-10-. The smallest absolute Gasteiger partial charge is 0.281 e. The molecule has 0 radical (unpaired) electrons. The van der Waals surface area contributed by atoms with Gasteiger partial charge in [-0.25, -0.2) is 5.43 Å². The molecule has 3 rings (SSSR count). The molecule has 0 spiro atoms. The highest BCUT2D eigenvalue weighted by atomic mass is 16.2. The molecule has 0 aliphatic heterocycles. The first-order valence-corrected chi connectivity index (χ1v) is 7.26. The third kappa shape index (κ3) is 2.86. The van der Waals surface area contributed by atoms with Gasteiger partial charge in [0.25, 0.3) is 5.91 Å². The number of aromatic nitrogens is 2. The number of benzene rings is 1. The molecule has 5 nitrogen and oxygen atoms in total. The maximum Gasteiger partial charge on any atom is 0.292 e. The number of rotatable bonds is 4. The number of H-pyrrole nitrogens is 1. The average molecular weight is 282 g/mol. The summed E-state index contributed by atoms with van der Waals surface area (Å²) < 4.78 is 0. The molecule has 0 unspecified atom stereocenters. The summed E-state index contributed by atoms with van der Waals surface area (Å²) in [7, 11) is 0. The van der Waals surface area contributed by atoms with Crippen LogP contribution in [-0.4, -0.2) is 22.3 Å². The van der Waals surface area contributed by atoms with Crippen LogP contribution in [0.15, 0.2) is 29.4 Å². The van der Waals surface area contributed by atoms with Crippen LogP contribution in [0.4, 0.5) is 0 Å².